The molecule has 0 spiro atoms. The van der Waals surface area contributed by atoms with Crippen molar-refractivity contribution in [2.75, 3.05) is 0 Å². The highest BCUT2D eigenvalue weighted by molar-refractivity contribution is 6.16. The standard InChI is InChI=1S/C16H15ClN2/c17-10-15-11-18-12-19(15)9-8-14-6-3-5-13-4-1-2-7-16(13)14/h1-7,11-12H,8-10H2. The molecule has 0 aliphatic carbocycles. The van der Waals surface area contributed by atoms with Crippen LogP contribution in [0.5, 0.6) is 0 Å². The number of hydrogen-bond donors (Lipinski definition) is 0. The number of aromatic nitrogens is 2. The topological polar surface area (TPSA) is 17.8 Å². The van der Waals surface area contributed by atoms with Gasteiger partial charge in [-0.3, -0.25) is 0 Å². The Kier molecular flexibility index (Phi) is 3.51. The molecule has 3 heteroatoms. The molecule has 3 aromatic rings. The van der Waals surface area contributed by atoms with Gasteiger partial charge in [0, 0.05) is 12.7 Å². The Morgan fingerprint density at radius 2 is 1.89 bits per heavy atom. The molecule has 0 fully saturated rings. The maximum absolute atomic E-state index is 5.89. The van der Waals surface area contributed by atoms with Gasteiger partial charge in [-0.2, -0.15) is 0 Å². The van der Waals surface area contributed by atoms with Crippen molar-refractivity contribution in [3.05, 3.63) is 66.2 Å². The molecule has 0 saturated carbocycles. The summed E-state index contributed by atoms with van der Waals surface area (Å²) in [5.41, 5.74) is 2.44. The van der Waals surface area contributed by atoms with Gasteiger partial charge in [0.2, 0.25) is 0 Å². The van der Waals surface area contributed by atoms with Crippen LogP contribution in [-0.2, 0) is 18.8 Å². The van der Waals surface area contributed by atoms with E-state index in [9.17, 15) is 0 Å². The molecule has 0 unspecified atom stereocenters. The number of rotatable bonds is 4. The first kappa shape index (κ1) is 12.2. The molecule has 0 radical (unpaired) electrons. The molecule has 0 aliphatic heterocycles. The van der Waals surface area contributed by atoms with Gasteiger partial charge in [0.05, 0.1) is 17.9 Å². The van der Waals surface area contributed by atoms with Crippen LogP contribution in [0.3, 0.4) is 0 Å². The maximum Gasteiger partial charge on any atom is 0.0948 e. The summed E-state index contributed by atoms with van der Waals surface area (Å²) >= 11 is 5.89. The number of imidazole rings is 1. The lowest BCUT2D eigenvalue weighted by molar-refractivity contribution is 0.677. The van der Waals surface area contributed by atoms with E-state index in [0.29, 0.717) is 5.88 Å². The smallest absolute Gasteiger partial charge is 0.0948 e. The Morgan fingerprint density at radius 1 is 1.05 bits per heavy atom. The minimum atomic E-state index is 0.509. The summed E-state index contributed by atoms with van der Waals surface area (Å²) in [6, 6.07) is 15.0. The molecule has 2 aromatic carbocycles. The molecule has 0 aliphatic rings. The summed E-state index contributed by atoms with van der Waals surface area (Å²) in [4.78, 5) is 4.15. The third-order valence-electron chi connectivity index (χ3n) is 3.44. The molecule has 0 bridgehead atoms. The second-order valence-corrected chi connectivity index (χ2v) is 4.87. The van der Waals surface area contributed by atoms with Crippen molar-refractivity contribution >= 4 is 22.4 Å². The maximum atomic E-state index is 5.89. The second-order valence-electron chi connectivity index (χ2n) is 4.60. The number of aryl methyl sites for hydroxylation is 2. The van der Waals surface area contributed by atoms with Crippen LogP contribution in [0.4, 0.5) is 0 Å². The van der Waals surface area contributed by atoms with Crippen LogP contribution in [0.1, 0.15) is 11.3 Å². The zero-order valence-corrected chi connectivity index (χ0v) is 11.3. The molecule has 1 aromatic heterocycles. The van der Waals surface area contributed by atoms with Crippen LogP contribution < -0.4 is 0 Å². The van der Waals surface area contributed by atoms with E-state index in [-0.39, 0.29) is 0 Å². The summed E-state index contributed by atoms with van der Waals surface area (Å²) in [6.45, 7) is 0.913. The number of halogens is 1. The van der Waals surface area contributed by atoms with E-state index < -0.39 is 0 Å². The minimum Gasteiger partial charge on any atom is -0.333 e. The van der Waals surface area contributed by atoms with Gasteiger partial charge in [-0.15, -0.1) is 11.6 Å². The lowest BCUT2D eigenvalue weighted by atomic mass is 10.0. The number of benzene rings is 2. The summed E-state index contributed by atoms with van der Waals surface area (Å²) in [7, 11) is 0. The average molecular weight is 271 g/mol. The average Bonchev–Trinajstić information content (AvgIpc) is 2.92. The number of nitrogens with zero attached hydrogens (tertiary/aromatic N) is 2. The molecule has 19 heavy (non-hydrogen) atoms. The Hall–Kier alpha value is -1.80. The molecule has 0 atom stereocenters. The molecule has 96 valence electrons. The molecule has 1 heterocycles. The van der Waals surface area contributed by atoms with Gasteiger partial charge in [0.1, 0.15) is 0 Å². The predicted octanol–water partition coefficient (Wildman–Crippen LogP) is 4.02. The van der Waals surface area contributed by atoms with E-state index >= 15 is 0 Å². The van der Waals surface area contributed by atoms with Gasteiger partial charge in [0.25, 0.3) is 0 Å². The zero-order chi connectivity index (χ0) is 13.1. The molecular formula is C16H15ClN2. The monoisotopic (exact) mass is 270 g/mol. The summed E-state index contributed by atoms with van der Waals surface area (Å²) < 4.78 is 2.12. The molecule has 2 nitrogen and oxygen atoms in total. The number of fused-ring (bicyclic) bond motifs is 1. The van der Waals surface area contributed by atoms with E-state index in [1.807, 2.05) is 12.5 Å². The Morgan fingerprint density at radius 3 is 2.79 bits per heavy atom. The van der Waals surface area contributed by atoms with Crippen molar-refractivity contribution in [2.24, 2.45) is 0 Å². The minimum absolute atomic E-state index is 0.509. The molecular weight excluding hydrogens is 256 g/mol. The van der Waals surface area contributed by atoms with E-state index in [4.69, 9.17) is 11.6 Å². The third kappa shape index (κ3) is 2.49. The van der Waals surface area contributed by atoms with Crippen LogP contribution >= 0.6 is 11.6 Å². The SMILES string of the molecule is ClCc1cncn1CCc1cccc2ccccc12. The zero-order valence-electron chi connectivity index (χ0n) is 10.6. The van der Waals surface area contributed by atoms with Crippen molar-refractivity contribution < 1.29 is 0 Å². The lowest BCUT2D eigenvalue weighted by Crippen LogP contribution is -2.03. The fraction of sp³-hybridized carbons (Fsp3) is 0.188. The summed E-state index contributed by atoms with van der Waals surface area (Å²) in [6.07, 6.45) is 4.67. The van der Waals surface area contributed by atoms with Gasteiger partial charge < -0.3 is 4.57 Å². The highest BCUT2D eigenvalue weighted by Crippen LogP contribution is 2.19. The molecule has 0 amide bonds. The number of alkyl halides is 1. The van der Waals surface area contributed by atoms with Gasteiger partial charge in [0.15, 0.2) is 0 Å². The van der Waals surface area contributed by atoms with Gasteiger partial charge in [-0.05, 0) is 22.8 Å². The highest BCUT2D eigenvalue weighted by Gasteiger charge is 2.03. The van der Waals surface area contributed by atoms with Gasteiger partial charge in [-0.1, -0.05) is 42.5 Å². The van der Waals surface area contributed by atoms with Crippen molar-refractivity contribution in [3.8, 4) is 0 Å². The van der Waals surface area contributed by atoms with Crippen LogP contribution in [0.15, 0.2) is 55.0 Å². The predicted molar refractivity (Wildman–Crippen MR) is 79.4 cm³/mol. The fourth-order valence-corrected chi connectivity index (χ4v) is 2.63. The Bertz CT molecular complexity index is 683. The van der Waals surface area contributed by atoms with E-state index in [2.05, 4.69) is 52.0 Å². The second kappa shape index (κ2) is 5.45. The Balaban J connectivity index is 1.86. The van der Waals surface area contributed by atoms with Crippen molar-refractivity contribution in [1.29, 1.82) is 0 Å². The summed E-state index contributed by atoms with van der Waals surface area (Å²) in [5.74, 6) is 0.509. The first-order chi connectivity index (χ1) is 9.38. The van der Waals surface area contributed by atoms with E-state index in [1.165, 1.54) is 16.3 Å². The molecule has 0 saturated heterocycles. The van der Waals surface area contributed by atoms with Gasteiger partial charge in [-0.25, -0.2) is 4.98 Å². The van der Waals surface area contributed by atoms with Gasteiger partial charge >= 0.3 is 0 Å². The molecule has 3 rings (SSSR count). The van der Waals surface area contributed by atoms with Crippen molar-refractivity contribution in [1.82, 2.24) is 9.55 Å². The third-order valence-corrected chi connectivity index (χ3v) is 3.71. The largest absolute Gasteiger partial charge is 0.333 e. The quantitative estimate of drug-likeness (QED) is 0.655. The lowest BCUT2D eigenvalue weighted by Gasteiger charge is -2.09. The van der Waals surface area contributed by atoms with Crippen molar-refractivity contribution in [3.63, 3.8) is 0 Å². The van der Waals surface area contributed by atoms with Crippen molar-refractivity contribution in [2.45, 2.75) is 18.8 Å². The number of hydrogen-bond acceptors (Lipinski definition) is 1. The first-order valence-electron chi connectivity index (χ1n) is 6.40. The first-order valence-corrected chi connectivity index (χ1v) is 6.93. The normalized spacial score (nSPS) is 11.0. The molecule has 0 N–H and O–H groups in total. The van der Waals surface area contributed by atoms with Crippen LogP contribution in [0.25, 0.3) is 10.8 Å². The summed E-state index contributed by atoms with van der Waals surface area (Å²) in [5, 5.41) is 2.63. The van der Waals surface area contributed by atoms with Crippen LogP contribution in [0.2, 0.25) is 0 Å². The van der Waals surface area contributed by atoms with E-state index in [1.54, 1.807) is 0 Å². The highest BCUT2D eigenvalue weighted by atomic mass is 35.5. The fourth-order valence-electron chi connectivity index (χ4n) is 2.41. The van der Waals surface area contributed by atoms with Crippen LogP contribution in [0, 0.1) is 0 Å². The Labute approximate surface area is 117 Å². The van der Waals surface area contributed by atoms with Crippen LogP contribution in [-0.4, -0.2) is 9.55 Å². The van der Waals surface area contributed by atoms with E-state index in [0.717, 1.165) is 18.7 Å².